The van der Waals surface area contributed by atoms with Crippen molar-refractivity contribution in [2.75, 3.05) is 19.0 Å². The van der Waals surface area contributed by atoms with E-state index in [2.05, 4.69) is 110 Å². The van der Waals surface area contributed by atoms with Crippen LogP contribution in [0, 0.1) is 5.41 Å². The van der Waals surface area contributed by atoms with Gasteiger partial charge in [0.2, 0.25) is 0 Å². The van der Waals surface area contributed by atoms with Gasteiger partial charge in [0.15, 0.2) is 0 Å². The molecule has 2 nitrogen and oxygen atoms in total. The van der Waals surface area contributed by atoms with Gasteiger partial charge in [-0.25, -0.2) is 0 Å². The van der Waals surface area contributed by atoms with Crippen molar-refractivity contribution in [3.8, 4) is 11.1 Å². The predicted octanol–water partition coefficient (Wildman–Crippen LogP) is 5.49. The van der Waals surface area contributed by atoms with E-state index in [-0.39, 0.29) is 0 Å². The largest absolute Gasteiger partial charge is 0.378 e. The summed E-state index contributed by atoms with van der Waals surface area (Å²) in [5, 5.41) is 10.2. The zero-order valence-corrected chi connectivity index (χ0v) is 18.9. The summed E-state index contributed by atoms with van der Waals surface area (Å²) in [5.41, 5.74) is 8.87. The van der Waals surface area contributed by atoms with Gasteiger partial charge >= 0.3 is 0 Å². The first-order chi connectivity index (χ1) is 16.1. The van der Waals surface area contributed by atoms with Crippen molar-refractivity contribution in [3.05, 3.63) is 130 Å². The molecule has 1 N–H and O–H groups in total. The van der Waals surface area contributed by atoms with Gasteiger partial charge in [-0.05, 0) is 74.2 Å². The highest BCUT2D eigenvalue weighted by Crippen LogP contribution is 2.26. The van der Waals surface area contributed by atoms with Crippen molar-refractivity contribution in [2.24, 2.45) is 0 Å². The number of allylic oxidation sites excluding steroid dienone is 1. The van der Waals surface area contributed by atoms with E-state index in [1.807, 2.05) is 24.3 Å². The van der Waals surface area contributed by atoms with Gasteiger partial charge in [0, 0.05) is 19.8 Å². The van der Waals surface area contributed by atoms with Crippen molar-refractivity contribution < 1.29 is 0 Å². The molecule has 0 radical (unpaired) electrons. The van der Waals surface area contributed by atoms with E-state index in [0.717, 1.165) is 10.8 Å². The first-order valence-corrected chi connectivity index (χ1v) is 11.1. The Balaban J connectivity index is 1.69. The number of nitrogens with zero attached hydrogens (tertiary/aromatic N) is 1. The number of anilines is 1. The van der Waals surface area contributed by atoms with Gasteiger partial charge in [0.25, 0.3) is 0 Å². The van der Waals surface area contributed by atoms with Crippen LogP contribution in [0.2, 0.25) is 0 Å². The molecular weight excluding hydrogens is 400 g/mol. The highest BCUT2D eigenvalue weighted by Gasteiger charge is 2.09. The van der Waals surface area contributed by atoms with Crippen LogP contribution in [-0.2, 0) is 0 Å². The number of fused-ring (bicyclic) bond motifs is 1. The van der Waals surface area contributed by atoms with E-state index < -0.39 is 0 Å². The second-order valence-corrected chi connectivity index (χ2v) is 8.54. The zero-order chi connectivity index (χ0) is 22.8. The predicted molar refractivity (Wildman–Crippen MR) is 141 cm³/mol. The Morgan fingerprint density at radius 1 is 0.667 bits per heavy atom. The van der Waals surface area contributed by atoms with Crippen LogP contribution in [0.1, 0.15) is 16.7 Å². The molecule has 0 saturated carbocycles. The first-order valence-electron chi connectivity index (χ1n) is 11.1. The summed E-state index contributed by atoms with van der Waals surface area (Å²) in [6, 6.07) is 34.6. The van der Waals surface area contributed by atoms with E-state index in [9.17, 15) is 0 Å². The minimum absolute atomic E-state index is 0.537. The fourth-order valence-electron chi connectivity index (χ4n) is 4.29. The summed E-state index contributed by atoms with van der Waals surface area (Å²) >= 11 is 0. The maximum atomic E-state index is 7.92. The van der Waals surface area contributed by atoms with Crippen molar-refractivity contribution in [1.29, 1.82) is 5.41 Å². The number of hydrogen-bond donors (Lipinski definition) is 1. The van der Waals surface area contributed by atoms with E-state index in [4.69, 9.17) is 5.41 Å². The van der Waals surface area contributed by atoms with Crippen molar-refractivity contribution in [3.63, 3.8) is 0 Å². The summed E-state index contributed by atoms with van der Waals surface area (Å²) in [5.74, 6) is 0. The van der Waals surface area contributed by atoms with Crippen molar-refractivity contribution in [1.82, 2.24) is 0 Å². The van der Waals surface area contributed by atoms with E-state index in [0.29, 0.717) is 5.71 Å². The Kier molecular flexibility index (Phi) is 5.50. The van der Waals surface area contributed by atoms with Crippen LogP contribution in [-0.4, -0.2) is 19.8 Å². The Morgan fingerprint density at radius 2 is 1.30 bits per heavy atom. The highest BCUT2D eigenvalue weighted by molar-refractivity contribution is 6.18. The van der Waals surface area contributed by atoms with Crippen molar-refractivity contribution in [2.45, 2.75) is 0 Å². The molecule has 0 aliphatic heterocycles. The molecule has 0 heterocycles. The molecule has 0 amide bonds. The van der Waals surface area contributed by atoms with Crippen LogP contribution < -0.4 is 15.3 Å². The Labute approximate surface area is 195 Å². The normalized spacial score (nSPS) is 13.2. The zero-order valence-electron chi connectivity index (χ0n) is 18.9. The Morgan fingerprint density at radius 3 is 1.97 bits per heavy atom. The lowest BCUT2D eigenvalue weighted by Gasteiger charge is -2.15. The third-order valence-electron chi connectivity index (χ3n) is 6.08. The van der Waals surface area contributed by atoms with Crippen LogP contribution in [0.25, 0.3) is 28.9 Å². The maximum Gasteiger partial charge on any atom is 0.0546 e. The molecule has 0 unspecified atom stereocenters. The van der Waals surface area contributed by atoms with Crippen LogP contribution >= 0.6 is 0 Å². The summed E-state index contributed by atoms with van der Waals surface area (Å²) in [4.78, 5) is 2.12. The Hall–Kier alpha value is -4.17. The lowest BCUT2D eigenvalue weighted by atomic mass is 9.92. The molecule has 2 heteroatoms. The van der Waals surface area contributed by atoms with E-state index in [1.165, 1.54) is 38.7 Å². The molecule has 0 saturated heterocycles. The molecule has 0 spiro atoms. The molecule has 0 atom stereocenters. The van der Waals surface area contributed by atoms with Gasteiger partial charge in [0.05, 0.1) is 5.71 Å². The van der Waals surface area contributed by atoms with Gasteiger partial charge in [-0.3, -0.25) is 0 Å². The van der Waals surface area contributed by atoms with Crippen LogP contribution in [0.5, 0.6) is 0 Å². The minimum Gasteiger partial charge on any atom is -0.378 e. The number of nitrogens with one attached hydrogen (secondary N) is 1. The lowest BCUT2D eigenvalue weighted by molar-refractivity contribution is 1.13. The van der Waals surface area contributed by atoms with Crippen LogP contribution in [0.4, 0.5) is 5.69 Å². The lowest BCUT2D eigenvalue weighted by Crippen LogP contribution is -2.18. The van der Waals surface area contributed by atoms with Gasteiger partial charge in [-0.1, -0.05) is 84.9 Å². The molecule has 4 aromatic carbocycles. The SMILES string of the molecule is CN(C)c1ccc(/C(c2ccc(-c3ccccc3)cc2)=c2/ccc3c(c2)C=CC(=N)C=3)cc1. The molecule has 160 valence electrons. The molecular formula is C31H26N2. The fourth-order valence-corrected chi connectivity index (χ4v) is 4.29. The standard InChI is InChI=1S/C31H26N2/c1-33(2)30-18-15-25(16-19-30)31(28-13-12-27-21-29(32)17-14-26(27)20-28)24-10-8-23(9-11-24)22-6-4-3-5-7-22/h3-21,32H,1-2H3/b31-28-,32-29?. The second-order valence-electron chi connectivity index (χ2n) is 8.54. The topological polar surface area (TPSA) is 27.1 Å². The molecule has 0 bridgehead atoms. The smallest absolute Gasteiger partial charge is 0.0546 e. The average Bonchev–Trinajstić information content (AvgIpc) is 2.85. The summed E-state index contributed by atoms with van der Waals surface area (Å²) in [7, 11) is 4.12. The number of benzene rings is 4. The number of hydrogen-bond acceptors (Lipinski definition) is 2. The maximum absolute atomic E-state index is 7.92. The van der Waals surface area contributed by atoms with Crippen LogP contribution in [0.15, 0.2) is 103 Å². The van der Waals surface area contributed by atoms with Gasteiger partial charge in [-0.2, -0.15) is 0 Å². The molecule has 0 aromatic heterocycles. The second kappa shape index (κ2) is 8.76. The van der Waals surface area contributed by atoms with Gasteiger partial charge in [0.1, 0.15) is 0 Å². The van der Waals surface area contributed by atoms with Crippen LogP contribution in [0.3, 0.4) is 0 Å². The minimum atomic E-state index is 0.537. The molecule has 1 aliphatic carbocycles. The molecule has 4 aromatic rings. The molecule has 5 rings (SSSR count). The molecule has 33 heavy (non-hydrogen) atoms. The Bertz CT molecular complexity index is 1460. The first kappa shape index (κ1) is 20.7. The summed E-state index contributed by atoms with van der Waals surface area (Å²) < 4.78 is 0. The van der Waals surface area contributed by atoms with E-state index >= 15 is 0 Å². The summed E-state index contributed by atoms with van der Waals surface area (Å²) in [6.45, 7) is 0. The van der Waals surface area contributed by atoms with Crippen molar-refractivity contribution >= 4 is 29.1 Å². The third-order valence-corrected chi connectivity index (χ3v) is 6.08. The molecule has 0 fully saturated rings. The van der Waals surface area contributed by atoms with E-state index in [1.54, 1.807) is 0 Å². The molecule has 1 aliphatic rings. The number of rotatable bonds is 4. The fraction of sp³-hybridized carbons (Fsp3) is 0.0645. The average molecular weight is 427 g/mol. The monoisotopic (exact) mass is 426 g/mol. The third kappa shape index (κ3) is 4.28. The quantitative estimate of drug-likeness (QED) is 0.459. The van der Waals surface area contributed by atoms with Gasteiger partial charge < -0.3 is 10.3 Å². The van der Waals surface area contributed by atoms with Gasteiger partial charge in [-0.15, -0.1) is 0 Å². The highest BCUT2D eigenvalue weighted by atomic mass is 15.1. The summed E-state index contributed by atoms with van der Waals surface area (Å²) in [6.07, 6.45) is 5.80.